The van der Waals surface area contributed by atoms with E-state index in [0.717, 1.165) is 74.9 Å². The van der Waals surface area contributed by atoms with Crippen LogP contribution in [-0.4, -0.2) is 102 Å². The molecule has 4 aliphatic heterocycles. The molecule has 4 aromatic rings. The van der Waals surface area contributed by atoms with Crippen LogP contribution in [0.4, 0.5) is 5.69 Å². The van der Waals surface area contributed by atoms with E-state index in [1.807, 2.05) is 12.1 Å². The van der Waals surface area contributed by atoms with Gasteiger partial charge in [-0.15, -0.1) is 0 Å². The molecule has 0 aliphatic carbocycles. The number of allylic oxidation sites excluding steroid dienone is 1. The van der Waals surface area contributed by atoms with Crippen molar-refractivity contribution in [3.05, 3.63) is 131 Å². The summed E-state index contributed by atoms with van der Waals surface area (Å²) in [6.07, 6.45) is 3.51. The quantitative estimate of drug-likeness (QED) is 0.119. The van der Waals surface area contributed by atoms with Crippen LogP contribution in [0, 0.1) is 5.92 Å². The molecule has 0 saturated carbocycles. The first-order valence-corrected chi connectivity index (χ1v) is 21.3. The van der Waals surface area contributed by atoms with Crippen LogP contribution in [0.2, 0.25) is 0 Å². The van der Waals surface area contributed by atoms with Gasteiger partial charge in [-0.05, 0) is 117 Å². The van der Waals surface area contributed by atoms with E-state index in [-0.39, 0.29) is 30.8 Å². The second-order valence-electron chi connectivity index (χ2n) is 16.6. The number of piperazine rings is 1. The van der Waals surface area contributed by atoms with Gasteiger partial charge in [0.25, 0.3) is 11.8 Å². The van der Waals surface area contributed by atoms with Gasteiger partial charge < -0.3 is 9.64 Å². The maximum atomic E-state index is 13.5. The van der Waals surface area contributed by atoms with Crippen molar-refractivity contribution in [2.75, 3.05) is 50.8 Å². The third-order valence-corrected chi connectivity index (χ3v) is 12.6. The average molecular weight is 794 g/mol. The van der Waals surface area contributed by atoms with Crippen LogP contribution >= 0.6 is 0 Å². The Balaban J connectivity index is 0.811. The minimum Gasteiger partial charge on any atom is -0.492 e. The minimum atomic E-state index is -0.967. The summed E-state index contributed by atoms with van der Waals surface area (Å²) in [5, 5.41) is 2.27. The van der Waals surface area contributed by atoms with Gasteiger partial charge in [-0.25, -0.2) is 0 Å². The van der Waals surface area contributed by atoms with E-state index < -0.39 is 23.8 Å². The third-order valence-electron chi connectivity index (χ3n) is 12.6. The molecule has 3 atom stereocenters. The molecule has 59 heavy (non-hydrogen) atoms. The van der Waals surface area contributed by atoms with Crippen LogP contribution in [-0.2, 0) is 9.59 Å². The highest BCUT2D eigenvalue weighted by atomic mass is 16.5. The lowest BCUT2D eigenvalue weighted by atomic mass is 9.88. The summed E-state index contributed by atoms with van der Waals surface area (Å²) in [4.78, 5) is 59.5. The van der Waals surface area contributed by atoms with Crippen molar-refractivity contribution >= 4 is 40.5 Å². The average Bonchev–Trinajstić information content (AvgIpc) is 3.49. The molecular weight excluding hydrogens is 739 g/mol. The first kappa shape index (κ1) is 40.2. The van der Waals surface area contributed by atoms with Crippen molar-refractivity contribution < 1.29 is 23.9 Å². The molecule has 3 saturated heterocycles. The number of nitrogens with one attached hydrogen (secondary N) is 1. The molecule has 10 nitrogen and oxygen atoms in total. The molecule has 8 rings (SSSR count). The summed E-state index contributed by atoms with van der Waals surface area (Å²) in [7, 11) is 0. The van der Waals surface area contributed by atoms with E-state index in [1.54, 1.807) is 6.07 Å². The monoisotopic (exact) mass is 793 g/mol. The molecule has 0 bridgehead atoms. The molecule has 4 amide bonds. The van der Waals surface area contributed by atoms with Gasteiger partial charge >= 0.3 is 0 Å². The summed E-state index contributed by atoms with van der Waals surface area (Å²) < 4.78 is 6.28. The molecule has 306 valence electrons. The van der Waals surface area contributed by atoms with Crippen LogP contribution < -0.4 is 15.0 Å². The second kappa shape index (κ2) is 17.7. The van der Waals surface area contributed by atoms with Crippen LogP contribution in [0.15, 0.2) is 103 Å². The fourth-order valence-corrected chi connectivity index (χ4v) is 9.76. The van der Waals surface area contributed by atoms with E-state index in [4.69, 9.17) is 4.74 Å². The van der Waals surface area contributed by atoms with Crippen LogP contribution in [0.5, 0.6) is 5.75 Å². The van der Waals surface area contributed by atoms with E-state index in [1.165, 1.54) is 27.8 Å². The number of amides is 4. The number of carbonyl (C=O) groups excluding carboxylic acids is 4. The van der Waals surface area contributed by atoms with E-state index >= 15 is 0 Å². The predicted molar refractivity (Wildman–Crippen MR) is 231 cm³/mol. The lowest BCUT2D eigenvalue weighted by Crippen LogP contribution is -2.58. The molecule has 3 unspecified atom stereocenters. The first-order valence-electron chi connectivity index (χ1n) is 21.3. The second-order valence-corrected chi connectivity index (χ2v) is 16.6. The Labute approximate surface area is 347 Å². The molecule has 0 aromatic heterocycles. The van der Waals surface area contributed by atoms with Crippen molar-refractivity contribution in [1.29, 1.82) is 0 Å². The minimum absolute atomic E-state index is 0.101. The first-order chi connectivity index (χ1) is 28.7. The molecule has 4 aromatic carbocycles. The maximum Gasteiger partial charge on any atom is 0.262 e. The number of likely N-dealkylation sites (tertiary alicyclic amines) is 1. The Morgan fingerprint density at radius 2 is 1.34 bits per heavy atom. The number of ether oxygens (including phenoxy) is 1. The highest BCUT2D eigenvalue weighted by molar-refractivity contribution is 6.23. The Bertz CT molecular complexity index is 2190. The normalized spacial score (nSPS) is 22.3. The van der Waals surface area contributed by atoms with E-state index in [0.29, 0.717) is 23.7 Å². The lowest BCUT2D eigenvalue weighted by Gasteiger charge is -2.47. The van der Waals surface area contributed by atoms with Crippen molar-refractivity contribution in [1.82, 2.24) is 20.0 Å². The SMILES string of the molecule is CCC(=C(c1ccccc1)c1ccc(OCCN2CCC(CN3CC(C)N(c4ccc5c(c4)C(=O)N(C4CCC(=O)NC4=O)C5=O)C(C)C3)CC2)cc1)c1ccccc1. The summed E-state index contributed by atoms with van der Waals surface area (Å²) in [6, 6.07) is 34.8. The number of anilines is 1. The number of piperidine rings is 2. The van der Waals surface area contributed by atoms with Crippen LogP contribution in [0.1, 0.15) is 90.3 Å². The van der Waals surface area contributed by atoms with Gasteiger partial charge in [-0.1, -0.05) is 79.7 Å². The topological polar surface area (TPSA) is 102 Å². The molecule has 0 radical (unpaired) electrons. The zero-order valence-electron chi connectivity index (χ0n) is 34.4. The number of benzene rings is 4. The number of carbonyl (C=O) groups is 4. The molecule has 4 aliphatic rings. The third kappa shape index (κ3) is 8.61. The van der Waals surface area contributed by atoms with E-state index in [2.05, 4.69) is 126 Å². The van der Waals surface area contributed by atoms with Gasteiger partial charge in [0, 0.05) is 50.4 Å². The zero-order valence-corrected chi connectivity index (χ0v) is 34.4. The predicted octanol–water partition coefficient (Wildman–Crippen LogP) is 7.15. The van der Waals surface area contributed by atoms with Gasteiger partial charge in [0.2, 0.25) is 11.8 Å². The van der Waals surface area contributed by atoms with Gasteiger partial charge in [0.1, 0.15) is 18.4 Å². The maximum absolute atomic E-state index is 13.5. The Morgan fingerprint density at radius 3 is 1.98 bits per heavy atom. The summed E-state index contributed by atoms with van der Waals surface area (Å²) in [5.41, 5.74) is 7.78. The lowest BCUT2D eigenvalue weighted by molar-refractivity contribution is -0.136. The Morgan fingerprint density at radius 1 is 0.712 bits per heavy atom. The highest BCUT2D eigenvalue weighted by Crippen LogP contribution is 2.36. The van der Waals surface area contributed by atoms with Crippen molar-refractivity contribution in [2.24, 2.45) is 5.92 Å². The smallest absolute Gasteiger partial charge is 0.262 e. The fraction of sp³-hybridized carbons (Fsp3) is 0.388. The molecule has 3 fully saturated rings. The van der Waals surface area contributed by atoms with Gasteiger partial charge in [0.15, 0.2) is 0 Å². The summed E-state index contributed by atoms with van der Waals surface area (Å²) in [5.74, 6) is -0.385. The number of hydrogen-bond donors (Lipinski definition) is 1. The zero-order chi connectivity index (χ0) is 41.0. The van der Waals surface area contributed by atoms with Gasteiger partial charge in [0.05, 0.1) is 11.1 Å². The van der Waals surface area contributed by atoms with Crippen LogP contribution in [0.25, 0.3) is 11.1 Å². The number of nitrogens with zero attached hydrogens (tertiary/aromatic N) is 4. The fourth-order valence-electron chi connectivity index (χ4n) is 9.76. The van der Waals surface area contributed by atoms with Crippen molar-refractivity contribution in [3.63, 3.8) is 0 Å². The number of imide groups is 2. The number of fused-ring (bicyclic) bond motifs is 1. The highest BCUT2D eigenvalue weighted by Gasteiger charge is 2.45. The summed E-state index contributed by atoms with van der Waals surface area (Å²) in [6.45, 7) is 13.3. The molecule has 0 spiro atoms. The molecular formula is C49H55N5O5. The van der Waals surface area contributed by atoms with Gasteiger partial charge in [-0.2, -0.15) is 0 Å². The van der Waals surface area contributed by atoms with Crippen LogP contribution in [0.3, 0.4) is 0 Å². The standard InChI is InChI=1S/C49H55N5O5/c1-4-41(36-11-7-5-8-12-36)46(37-13-9-6-10-14-37)38-15-18-40(19-16-38)59-28-27-51-25-23-35(24-26-51)32-52-30-33(2)53(34(3)31-52)39-17-20-42-43(29-39)49(58)54(48(42)57)44-21-22-45(55)50-47(44)56/h5-20,29,33-35,44H,4,21-28,30-32H2,1-3H3,(H,50,55,56). The molecule has 1 N–H and O–H groups in total. The number of rotatable bonds is 12. The Hall–Kier alpha value is -5.58. The molecule has 10 heteroatoms. The van der Waals surface area contributed by atoms with Crippen molar-refractivity contribution in [2.45, 2.75) is 71.0 Å². The number of hydrogen-bond acceptors (Lipinski definition) is 8. The van der Waals surface area contributed by atoms with Crippen molar-refractivity contribution in [3.8, 4) is 5.75 Å². The van der Waals surface area contributed by atoms with E-state index in [9.17, 15) is 19.2 Å². The largest absolute Gasteiger partial charge is 0.492 e. The summed E-state index contributed by atoms with van der Waals surface area (Å²) >= 11 is 0. The van der Waals surface area contributed by atoms with Gasteiger partial charge in [-0.3, -0.25) is 39.2 Å². The Kier molecular flexibility index (Phi) is 12.1. The molecule has 4 heterocycles.